The molecule has 0 bridgehead atoms. The number of hydrogen-bond donors (Lipinski definition) is 0. The van der Waals surface area contributed by atoms with Crippen molar-refractivity contribution in [3.05, 3.63) is 24.3 Å². The molecule has 0 rings (SSSR count). The van der Waals surface area contributed by atoms with Gasteiger partial charge in [0.15, 0.2) is 0 Å². The first-order chi connectivity index (χ1) is 27.2. The van der Waals surface area contributed by atoms with Gasteiger partial charge in [0.25, 0.3) is 0 Å². The summed E-state index contributed by atoms with van der Waals surface area (Å²) in [6.45, 7) is 9.39. The molecule has 0 heterocycles. The lowest BCUT2D eigenvalue weighted by Crippen LogP contribution is -2.20. The van der Waals surface area contributed by atoms with Crippen molar-refractivity contribution in [3.8, 4) is 0 Å². The maximum absolute atomic E-state index is 12.7. The molecule has 0 aromatic heterocycles. The second kappa shape index (κ2) is 41.0. The van der Waals surface area contributed by atoms with E-state index in [4.69, 9.17) is 14.2 Å². The van der Waals surface area contributed by atoms with Gasteiger partial charge in [0.1, 0.15) is 18.3 Å². The molecule has 328 valence electrons. The second-order valence-corrected chi connectivity index (χ2v) is 16.5. The zero-order chi connectivity index (χ0) is 41.3. The van der Waals surface area contributed by atoms with Crippen LogP contribution in [0.2, 0.25) is 0 Å². The minimum Gasteiger partial charge on any atom is -0.462 e. The molecule has 0 spiro atoms. The zero-order valence-electron chi connectivity index (χ0n) is 37.8. The maximum atomic E-state index is 12.7. The van der Waals surface area contributed by atoms with Gasteiger partial charge in [0.2, 0.25) is 0 Å². The van der Waals surface area contributed by atoms with Crippen LogP contribution in [0, 0.1) is 0 Å². The number of hydrogen-bond acceptors (Lipinski definition) is 7. The van der Waals surface area contributed by atoms with E-state index in [1.165, 1.54) is 89.9 Å². The molecule has 0 N–H and O–H groups in total. The van der Waals surface area contributed by atoms with Gasteiger partial charge < -0.3 is 19.1 Å². The summed E-state index contributed by atoms with van der Waals surface area (Å²) in [7, 11) is 4.08. The van der Waals surface area contributed by atoms with Gasteiger partial charge in [0, 0.05) is 32.1 Å². The van der Waals surface area contributed by atoms with E-state index in [1.807, 2.05) is 27.9 Å². The Balaban J connectivity index is 4.47. The summed E-state index contributed by atoms with van der Waals surface area (Å²) in [5, 5.41) is 0. The normalized spacial score (nSPS) is 12.9. The highest BCUT2D eigenvalue weighted by Crippen LogP contribution is 2.19. The fraction of sp³-hybridized carbons (Fsp3) is 0.857. The lowest BCUT2D eigenvalue weighted by molar-refractivity contribution is -0.150. The molecule has 0 amide bonds. The Morgan fingerprint density at radius 2 is 0.768 bits per heavy atom. The maximum Gasteiger partial charge on any atom is 0.306 e. The number of esters is 3. The highest BCUT2D eigenvalue weighted by Gasteiger charge is 2.16. The van der Waals surface area contributed by atoms with E-state index in [-0.39, 0.29) is 36.2 Å². The van der Waals surface area contributed by atoms with E-state index in [1.54, 1.807) is 0 Å². The standard InChI is InChI=1S/C49H91NO6/c1-7-11-13-27-36-44(54-47(51)34-9-3)38-29-23-19-15-17-21-25-31-40-46(56-49(53)42-33-43-50(5)6)41-32-26-22-18-16-20-24-30-39-45(37-28-14-12-8-2)55-48(52)35-10-4/h23-24,29-30,44-46H,7-22,25-28,31-43H2,1-6H3/b29-23-,30-24-/t44-,45-/m1/s1. The summed E-state index contributed by atoms with van der Waals surface area (Å²) in [5.41, 5.74) is 0. The van der Waals surface area contributed by atoms with Crippen LogP contribution in [0.4, 0.5) is 0 Å². The lowest BCUT2D eigenvalue weighted by atomic mass is 10.0. The number of ether oxygens (including phenoxy) is 3. The van der Waals surface area contributed by atoms with Crippen LogP contribution in [0.1, 0.15) is 233 Å². The number of carbonyl (C=O) groups excluding carboxylic acids is 3. The Kier molecular flexibility index (Phi) is 39.5. The predicted molar refractivity (Wildman–Crippen MR) is 237 cm³/mol. The third kappa shape index (κ3) is 37.4. The predicted octanol–water partition coefficient (Wildman–Crippen LogP) is 14.0. The molecule has 7 heteroatoms. The van der Waals surface area contributed by atoms with Gasteiger partial charge in [-0.1, -0.05) is 129 Å². The van der Waals surface area contributed by atoms with Gasteiger partial charge in [-0.15, -0.1) is 0 Å². The van der Waals surface area contributed by atoms with E-state index in [2.05, 4.69) is 43.1 Å². The van der Waals surface area contributed by atoms with E-state index in [0.29, 0.717) is 19.3 Å². The summed E-state index contributed by atoms with van der Waals surface area (Å²) in [6, 6.07) is 0. The third-order valence-corrected chi connectivity index (χ3v) is 10.5. The Labute approximate surface area is 346 Å². The molecule has 0 aliphatic carbocycles. The summed E-state index contributed by atoms with van der Waals surface area (Å²) in [6.07, 6.45) is 42.2. The van der Waals surface area contributed by atoms with Crippen molar-refractivity contribution in [1.82, 2.24) is 4.90 Å². The van der Waals surface area contributed by atoms with Crippen molar-refractivity contribution in [2.75, 3.05) is 20.6 Å². The Hall–Kier alpha value is -2.15. The average Bonchev–Trinajstić information content (AvgIpc) is 3.16. The fourth-order valence-corrected chi connectivity index (χ4v) is 7.05. The second-order valence-electron chi connectivity index (χ2n) is 16.5. The molecule has 0 saturated carbocycles. The molecular formula is C49H91NO6. The Morgan fingerprint density at radius 3 is 1.18 bits per heavy atom. The summed E-state index contributed by atoms with van der Waals surface area (Å²) in [4.78, 5) is 38.9. The molecule has 0 aliphatic rings. The summed E-state index contributed by atoms with van der Waals surface area (Å²) >= 11 is 0. The van der Waals surface area contributed by atoms with Gasteiger partial charge in [-0.05, 0) is 117 Å². The van der Waals surface area contributed by atoms with Crippen LogP contribution in [0.3, 0.4) is 0 Å². The molecule has 2 atom stereocenters. The molecular weight excluding hydrogens is 699 g/mol. The number of allylic oxidation sites excluding steroid dienone is 2. The molecule has 0 unspecified atom stereocenters. The number of carbonyl (C=O) groups is 3. The molecule has 0 saturated heterocycles. The Morgan fingerprint density at radius 1 is 0.411 bits per heavy atom. The number of unbranched alkanes of at least 4 members (excludes halogenated alkanes) is 16. The SMILES string of the molecule is CCCCCC[C@H](C/C=C\CCCCCCCC(CCCCCCC/C=C\C[C@@H](CCCCCC)OC(=O)CCC)OC(=O)CCCN(C)C)OC(=O)CCC. The molecule has 0 radical (unpaired) electrons. The molecule has 0 aromatic rings. The topological polar surface area (TPSA) is 82.1 Å². The van der Waals surface area contributed by atoms with Gasteiger partial charge in [-0.2, -0.15) is 0 Å². The highest BCUT2D eigenvalue weighted by molar-refractivity contribution is 5.70. The first-order valence-electron chi connectivity index (χ1n) is 23.8. The van der Waals surface area contributed by atoms with E-state index in [0.717, 1.165) is 103 Å². The minimum absolute atomic E-state index is 0.0178. The van der Waals surface area contributed by atoms with Gasteiger partial charge in [-0.3, -0.25) is 14.4 Å². The van der Waals surface area contributed by atoms with Crippen molar-refractivity contribution in [3.63, 3.8) is 0 Å². The van der Waals surface area contributed by atoms with Crippen LogP contribution >= 0.6 is 0 Å². The lowest BCUT2D eigenvalue weighted by Gasteiger charge is -2.18. The minimum atomic E-state index is -0.0551. The zero-order valence-corrected chi connectivity index (χ0v) is 37.8. The van der Waals surface area contributed by atoms with Crippen LogP contribution < -0.4 is 0 Å². The van der Waals surface area contributed by atoms with E-state index in [9.17, 15) is 14.4 Å². The molecule has 0 fully saturated rings. The quantitative estimate of drug-likeness (QED) is 0.0264. The first-order valence-corrected chi connectivity index (χ1v) is 23.8. The van der Waals surface area contributed by atoms with Crippen LogP contribution in [0.25, 0.3) is 0 Å². The largest absolute Gasteiger partial charge is 0.462 e. The van der Waals surface area contributed by atoms with Gasteiger partial charge >= 0.3 is 17.9 Å². The smallest absolute Gasteiger partial charge is 0.306 e. The van der Waals surface area contributed by atoms with Crippen molar-refractivity contribution in [1.29, 1.82) is 0 Å². The number of rotatable bonds is 41. The summed E-state index contributed by atoms with van der Waals surface area (Å²) < 4.78 is 17.6. The van der Waals surface area contributed by atoms with Crippen molar-refractivity contribution in [2.45, 2.75) is 251 Å². The van der Waals surface area contributed by atoms with Gasteiger partial charge in [0.05, 0.1) is 0 Å². The first kappa shape index (κ1) is 53.9. The van der Waals surface area contributed by atoms with Crippen LogP contribution in [0.15, 0.2) is 24.3 Å². The van der Waals surface area contributed by atoms with Crippen LogP contribution in [-0.4, -0.2) is 61.8 Å². The van der Waals surface area contributed by atoms with Crippen LogP contribution in [0.5, 0.6) is 0 Å². The molecule has 56 heavy (non-hydrogen) atoms. The van der Waals surface area contributed by atoms with E-state index >= 15 is 0 Å². The third-order valence-electron chi connectivity index (χ3n) is 10.5. The van der Waals surface area contributed by atoms with Crippen molar-refractivity contribution >= 4 is 17.9 Å². The summed E-state index contributed by atoms with van der Waals surface area (Å²) in [5.74, 6) is -0.150. The Bertz CT molecular complexity index is 900. The average molecular weight is 790 g/mol. The van der Waals surface area contributed by atoms with Crippen molar-refractivity contribution in [2.24, 2.45) is 0 Å². The van der Waals surface area contributed by atoms with E-state index < -0.39 is 0 Å². The molecule has 7 nitrogen and oxygen atoms in total. The molecule has 0 aromatic carbocycles. The van der Waals surface area contributed by atoms with Crippen LogP contribution in [-0.2, 0) is 28.6 Å². The highest BCUT2D eigenvalue weighted by atomic mass is 16.6. The fourth-order valence-electron chi connectivity index (χ4n) is 7.05. The van der Waals surface area contributed by atoms with Gasteiger partial charge in [-0.25, -0.2) is 0 Å². The molecule has 0 aliphatic heterocycles. The van der Waals surface area contributed by atoms with Crippen molar-refractivity contribution < 1.29 is 28.6 Å². The monoisotopic (exact) mass is 790 g/mol. The number of nitrogens with zero attached hydrogens (tertiary/aromatic N) is 1.